The SMILES string of the molecule is CNC(CC1CCC1)CC1CCCCO1. The third-order valence-electron chi connectivity index (χ3n) is 4.07. The first-order valence-corrected chi connectivity index (χ1v) is 6.67. The summed E-state index contributed by atoms with van der Waals surface area (Å²) < 4.78 is 5.80. The summed E-state index contributed by atoms with van der Waals surface area (Å²) in [5.74, 6) is 1.01. The minimum Gasteiger partial charge on any atom is -0.378 e. The van der Waals surface area contributed by atoms with Crippen LogP contribution in [0.3, 0.4) is 0 Å². The summed E-state index contributed by atoms with van der Waals surface area (Å²) >= 11 is 0. The van der Waals surface area contributed by atoms with Crippen molar-refractivity contribution in [2.75, 3.05) is 13.7 Å². The van der Waals surface area contributed by atoms with Crippen LogP contribution in [0.4, 0.5) is 0 Å². The van der Waals surface area contributed by atoms with Crippen molar-refractivity contribution in [1.82, 2.24) is 5.32 Å². The van der Waals surface area contributed by atoms with Gasteiger partial charge in [-0.15, -0.1) is 0 Å². The van der Waals surface area contributed by atoms with E-state index < -0.39 is 0 Å². The van der Waals surface area contributed by atoms with Crippen LogP contribution >= 0.6 is 0 Å². The number of hydrogen-bond donors (Lipinski definition) is 1. The molecule has 0 aromatic heterocycles. The Morgan fingerprint density at radius 1 is 1.13 bits per heavy atom. The maximum Gasteiger partial charge on any atom is 0.0590 e. The molecule has 1 aliphatic carbocycles. The van der Waals surface area contributed by atoms with Gasteiger partial charge in [0.25, 0.3) is 0 Å². The number of rotatable bonds is 5. The minimum atomic E-state index is 0.538. The molecule has 0 spiro atoms. The summed E-state index contributed by atoms with van der Waals surface area (Å²) in [7, 11) is 2.10. The van der Waals surface area contributed by atoms with Crippen molar-refractivity contribution >= 4 is 0 Å². The highest BCUT2D eigenvalue weighted by atomic mass is 16.5. The molecule has 1 N–H and O–H groups in total. The highest BCUT2D eigenvalue weighted by Crippen LogP contribution is 2.31. The summed E-state index contributed by atoms with van der Waals surface area (Å²) in [4.78, 5) is 0. The van der Waals surface area contributed by atoms with E-state index in [0.717, 1.165) is 12.5 Å². The fourth-order valence-electron chi connectivity index (χ4n) is 2.77. The van der Waals surface area contributed by atoms with Crippen LogP contribution < -0.4 is 5.32 Å². The lowest BCUT2D eigenvalue weighted by atomic mass is 9.80. The summed E-state index contributed by atoms with van der Waals surface area (Å²) in [6.07, 6.45) is 11.4. The van der Waals surface area contributed by atoms with Gasteiger partial charge in [0.15, 0.2) is 0 Å². The maximum atomic E-state index is 5.80. The first kappa shape index (κ1) is 11.4. The quantitative estimate of drug-likeness (QED) is 0.755. The minimum absolute atomic E-state index is 0.538. The molecular formula is C13H25NO. The van der Waals surface area contributed by atoms with Crippen molar-refractivity contribution in [2.45, 2.75) is 63.5 Å². The molecular weight excluding hydrogens is 186 g/mol. The molecule has 2 atom stereocenters. The van der Waals surface area contributed by atoms with Gasteiger partial charge in [0.1, 0.15) is 0 Å². The molecule has 1 saturated carbocycles. The molecule has 1 saturated heterocycles. The lowest BCUT2D eigenvalue weighted by Gasteiger charge is -2.32. The second-order valence-electron chi connectivity index (χ2n) is 5.24. The van der Waals surface area contributed by atoms with E-state index in [1.165, 1.54) is 51.4 Å². The zero-order valence-electron chi connectivity index (χ0n) is 10.0. The van der Waals surface area contributed by atoms with Gasteiger partial charge in [-0.25, -0.2) is 0 Å². The molecule has 15 heavy (non-hydrogen) atoms. The fraction of sp³-hybridized carbons (Fsp3) is 1.00. The van der Waals surface area contributed by atoms with E-state index in [0.29, 0.717) is 12.1 Å². The average Bonchev–Trinajstić information content (AvgIpc) is 2.23. The zero-order valence-corrected chi connectivity index (χ0v) is 10.0. The first-order chi connectivity index (χ1) is 7.38. The second-order valence-corrected chi connectivity index (χ2v) is 5.24. The van der Waals surface area contributed by atoms with E-state index >= 15 is 0 Å². The van der Waals surface area contributed by atoms with E-state index in [1.54, 1.807) is 0 Å². The number of ether oxygens (including phenoxy) is 1. The van der Waals surface area contributed by atoms with Crippen LogP contribution in [0.1, 0.15) is 51.4 Å². The van der Waals surface area contributed by atoms with E-state index in [2.05, 4.69) is 12.4 Å². The molecule has 2 unspecified atom stereocenters. The molecule has 2 aliphatic rings. The molecule has 1 aliphatic heterocycles. The van der Waals surface area contributed by atoms with E-state index in [9.17, 15) is 0 Å². The Morgan fingerprint density at radius 2 is 2.00 bits per heavy atom. The van der Waals surface area contributed by atoms with Crippen molar-refractivity contribution in [3.63, 3.8) is 0 Å². The van der Waals surface area contributed by atoms with Crippen molar-refractivity contribution < 1.29 is 4.74 Å². The number of nitrogens with one attached hydrogen (secondary N) is 1. The van der Waals surface area contributed by atoms with Crippen molar-refractivity contribution in [1.29, 1.82) is 0 Å². The third kappa shape index (κ3) is 3.46. The van der Waals surface area contributed by atoms with Crippen LogP contribution in [-0.4, -0.2) is 25.8 Å². The van der Waals surface area contributed by atoms with Gasteiger partial charge in [-0.2, -0.15) is 0 Å². The smallest absolute Gasteiger partial charge is 0.0590 e. The largest absolute Gasteiger partial charge is 0.378 e. The van der Waals surface area contributed by atoms with Crippen LogP contribution in [-0.2, 0) is 4.74 Å². The van der Waals surface area contributed by atoms with Crippen LogP contribution in [0.25, 0.3) is 0 Å². The molecule has 88 valence electrons. The molecule has 2 rings (SSSR count). The highest BCUT2D eigenvalue weighted by Gasteiger charge is 2.24. The predicted molar refractivity (Wildman–Crippen MR) is 63.0 cm³/mol. The van der Waals surface area contributed by atoms with Gasteiger partial charge in [0, 0.05) is 12.6 Å². The lowest BCUT2D eigenvalue weighted by molar-refractivity contribution is 0.00335. The van der Waals surface area contributed by atoms with Crippen molar-refractivity contribution in [3.05, 3.63) is 0 Å². The van der Waals surface area contributed by atoms with Crippen LogP contribution in [0.5, 0.6) is 0 Å². The molecule has 1 heterocycles. The molecule has 0 aromatic rings. The lowest BCUT2D eigenvalue weighted by Crippen LogP contribution is -2.35. The Bertz CT molecular complexity index is 173. The molecule has 0 radical (unpaired) electrons. The van der Waals surface area contributed by atoms with E-state index in [1.807, 2.05) is 0 Å². The van der Waals surface area contributed by atoms with Gasteiger partial charge in [0.2, 0.25) is 0 Å². The normalized spacial score (nSPS) is 29.8. The van der Waals surface area contributed by atoms with E-state index in [4.69, 9.17) is 4.74 Å². The van der Waals surface area contributed by atoms with Gasteiger partial charge in [-0.05, 0) is 45.1 Å². The Morgan fingerprint density at radius 3 is 2.53 bits per heavy atom. The Kier molecular flexibility index (Phi) is 4.45. The molecule has 0 bridgehead atoms. The molecule has 2 fully saturated rings. The summed E-state index contributed by atoms with van der Waals surface area (Å²) in [5.41, 5.74) is 0. The molecule has 0 amide bonds. The van der Waals surface area contributed by atoms with Crippen LogP contribution in [0.2, 0.25) is 0 Å². The monoisotopic (exact) mass is 211 g/mol. The molecule has 2 heteroatoms. The molecule has 2 nitrogen and oxygen atoms in total. The van der Waals surface area contributed by atoms with Gasteiger partial charge in [-0.3, -0.25) is 0 Å². The fourth-order valence-corrected chi connectivity index (χ4v) is 2.77. The topological polar surface area (TPSA) is 21.3 Å². The van der Waals surface area contributed by atoms with Gasteiger partial charge >= 0.3 is 0 Å². The third-order valence-corrected chi connectivity index (χ3v) is 4.07. The maximum absolute atomic E-state index is 5.80. The van der Waals surface area contributed by atoms with Crippen LogP contribution in [0.15, 0.2) is 0 Å². The second kappa shape index (κ2) is 5.86. The summed E-state index contributed by atoms with van der Waals surface area (Å²) in [6, 6.07) is 0.693. The highest BCUT2D eigenvalue weighted by molar-refractivity contribution is 4.79. The average molecular weight is 211 g/mol. The predicted octanol–water partition coefficient (Wildman–Crippen LogP) is 2.72. The number of hydrogen-bond acceptors (Lipinski definition) is 2. The van der Waals surface area contributed by atoms with E-state index in [-0.39, 0.29) is 0 Å². The summed E-state index contributed by atoms with van der Waals surface area (Å²) in [6.45, 7) is 0.991. The Hall–Kier alpha value is -0.0800. The van der Waals surface area contributed by atoms with Gasteiger partial charge < -0.3 is 10.1 Å². The van der Waals surface area contributed by atoms with Crippen molar-refractivity contribution in [3.8, 4) is 0 Å². The van der Waals surface area contributed by atoms with Crippen LogP contribution in [0, 0.1) is 5.92 Å². The Labute approximate surface area is 93.8 Å². The van der Waals surface area contributed by atoms with Crippen molar-refractivity contribution in [2.24, 2.45) is 5.92 Å². The van der Waals surface area contributed by atoms with Gasteiger partial charge in [-0.1, -0.05) is 19.3 Å². The first-order valence-electron chi connectivity index (χ1n) is 6.67. The summed E-state index contributed by atoms with van der Waals surface area (Å²) in [5, 5.41) is 3.47. The Balaban J connectivity index is 1.68. The molecule has 0 aromatic carbocycles. The van der Waals surface area contributed by atoms with Gasteiger partial charge in [0.05, 0.1) is 6.10 Å². The standard InChI is InChI=1S/C13H25NO/c1-14-12(9-11-5-4-6-11)10-13-7-2-3-8-15-13/h11-14H,2-10H2,1H3. The zero-order chi connectivity index (χ0) is 10.5.